The van der Waals surface area contributed by atoms with Crippen LogP contribution in [0.25, 0.3) is 0 Å². The highest BCUT2D eigenvalue weighted by Crippen LogP contribution is 2.25. The number of aromatic carboxylic acids is 1. The first-order valence-electron chi connectivity index (χ1n) is 6.01. The number of nitro groups is 1. The van der Waals surface area contributed by atoms with Crippen LogP contribution in [-0.2, 0) is 10.0 Å². The lowest BCUT2D eigenvalue weighted by Crippen LogP contribution is -2.17. The molecule has 120 valence electrons. The minimum absolute atomic E-state index is 0.411. The number of nitrogens with zero attached hydrogens (tertiary/aromatic N) is 1. The van der Waals surface area contributed by atoms with Crippen LogP contribution >= 0.6 is 0 Å². The normalized spacial score (nSPS) is 11.0. The number of nitro benzene ring substituents is 1. The Hall–Kier alpha value is -3.01. The van der Waals surface area contributed by atoms with Crippen LogP contribution < -0.4 is 4.72 Å². The lowest BCUT2D eigenvalue weighted by atomic mass is 10.1. The number of hydrogen-bond donors (Lipinski definition) is 2. The number of carbonyl (C=O) groups is 1. The Morgan fingerprint density at radius 3 is 2.43 bits per heavy atom. The molecule has 0 aliphatic carbocycles. The number of carboxylic acid groups (broad SMARTS) is 1. The SMILES string of the molecule is O=C(O)c1cc([N+](=O)[O-])ccc1NS(=O)(=O)c1ccccc1F. The number of anilines is 1. The molecule has 0 spiro atoms. The summed E-state index contributed by atoms with van der Waals surface area (Å²) in [5.74, 6) is -2.58. The lowest BCUT2D eigenvalue weighted by molar-refractivity contribution is -0.384. The number of carboxylic acids is 1. The smallest absolute Gasteiger partial charge is 0.338 e. The number of benzene rings is 2. The fourth-order valence-corrected chi connectivity index (χ4v) is 2.93. The van der Waals surface area contributed by atoms with Crippen molar-refractivity contribution in [3.63, 3.8) is 0 Å². The Labute approximate surface area is 129 Å². The number of non-ortho nitro benzene ring substituents is 1. The third-order valence-corrected chi connectivity index (χ3v) is 4.21. The van der Waals surface area contributed by atoms with E-state index in [1.165, 1.54) is 12.1 Å². The van der Waals surface area contributed by atoms with Crippen molar-refractivity contribution >= 4 is 27.4 Å². The number of sulfonamides is 1. The summed E-state index contributed by atoms with van der Waals surface area (Å²) < 4.78 is 39.8. The highest BCUT2D eigenvalue weighted by atomic mass is 32.2. The van der Waals surface area contributed by atoms with Gasteiger partial charge in [-0.15, -0.1) is 0 Å². The summed E-state index contributed by atoms with van der Waals surface area (Å²) in [6, 6.07) is 7.10. The van der Waals surface area contributed by atoms with Crippen LogP contribution in [0.3, 0.4) is 0 Å². The van der Waals surface area contributed by atoms with Gasteiger partial charge in [-0.1, -0.05) is 12.1 Å². The van der Waals surface area contributed by atoms with Crippen LogP contribution in [0.2, 0.25) is 0 Å². The zero-order valence-corrected chi connectivity index (χ0v) is 12.1. The summed E-state index contributed by atoms with van der Waals surface area (Å²) in [6.45, 7) is 0. The highest BCUT2D eigenvalue weighted by molar-refractivity contribution is 7.92. The maximum Gasteiger partial charge on any atom is 0.338 e. The van der Waals surface area contributed by atoms with Gasteiger partial charge in [0.1, 0.15) is 10.7 Å². The van der Waals surface area contributed by atoms with Gasteiger partial charge >= 0.3 is 5.97 Å². The van der Waals surface area contributed by atoms with E-state index in [0.29, 0.717) is 6.07 Å². The standard InChI is InChI=1S/C13H9FN2O6S/c14-10-3-1-2-4-12(10)23(21,22)15-11-6-5-8(16(19)20)7-9(11)13(17)18/h1-7,15H,(H,17,18). The van der Waals surface area contributed by atoms with E-state index in [9.17, 15) is 27.7 Å². The number of halogens is 1. The third-order valence-electron chi connectivity index (χ3n) is 2.81. The summed E-state index contributed by atoms with van der Waals surface area (Å²) in [7, 11) is -4.39. The average Bonchev–Trinajstić information content (AvgIpc) is 2.47. The van der Waals surface area contributed by atoms with Crippen molar-refractivity contribution in [1.29, 1.82) is 0 Å². The number of hydrogen-bond acceptors (Lipinski definition) is 5. The monoisotopic (exact) mass is 340 g/mol. The molecule has 23 heavy (non-hydrogen) atoms. The average molecular weight is 340 g/mol. The molecule has 0 saturated carbocycles. The third kappa shape index (κ3) is 3.43. The van der Waals surface area contributed by atoms with Crippen LogP contribution in [0.15, 0.2) is 47.4 Å². The van der Waals surface area contributed by atoms with Gasteiger partial charge in [-0.05, 0) is 18.2 Å². The second-order valence-electron chi connectivity index (χ2n) is 4.33. The fourth-order valence-electron chi connectivity index (χ4n) is 1.77. The Bertz CT molecular complexity index is 897. The molecule has 10 heteroatoms. The molecule has 2 rings (SSSR count). The maximum atomic E-state index is 13.6. The molecule has 0 aromatic heterocycles. The molecule has 0 radical (unpaired) electrons. The van der Waals surface area contributed by atoms with Gasteiger partial charge in [0.05, 0.1) is 16.2 Å². The van der Waals surface area contributed by atoms with Crippen molar-refractivity contribution in [3.8, 4) is 0 Å². The van der Waals surface area contributed by atoms with Gasteiger partial charge in [-0.2, -0.15) is 0 Å². The zero-order chi connectivity index (χ0) is 17.2. The minimum atomic E-state index is -4.39. The minimum Gasteiger partial charge on any atom is -0.478 e. The van der Waals surface area contributed by atoms with Crippen molar-refractivity contribution in [1.82, 2.24) is 0 Å². The van der Waals surface area contributed by atoms with Crippen molar-refractivity contribution in [2.45, 2.75) is 4.90 Å². The second-order valence-corrected chi connectivity index (χ2v) is 5.98. The molecule has 0 aliphatic rings. The lowest BCUT2D eigenvalue weighted by Gasteiger charge is -2.11. The molecular weight excluding hydrogens is 331 g/mol. The van der Waals surface area contributed by atoms with E-state index in [0.717, 1.165) is 24.3 Å². The van der Waals surface area contributed by atoms with Gasteiger partial charge in [-0.25, -0.2) is 17.6 Å². The second kappa shape index (κ2) is 6.01. The van der Waals surface area contributed by atoms with Crippen molar-refractivity contribution in [2.75, 3.05) is 4.72 Å². The molecule has 0 fully saturated rings. The highest BCUT2D eigenvalue weighted by Gasteiger charge is 2.23. The molecular formula is C13H9FN2O6S. The van der Waals surface area contributed by atoms with E-state index in [4.69, 9.17) is 5.11 Å². The van der Waals surface area contributed by atoms with Crippen molar-refractivity contribution in [3.05, 3.63) is 64.0 Å². The molecule has 0 saturated heterocycles. The molecule has 0 heterocycles. The van der Waals surface area contributed by atoms with Crippen LogP contribution in [-0.4, -0.2) is 24.4 Å². The number of rotatable bonds is 5. The van der Waals surface area contributed by atoms with E-state index in [1.54, 1.807) is 0 Å². The van der Waals surface area contributed by atoms with Crippen molar-refractivity contribution < 1.29 is 27.6 Å². The van der Waals surface area contributed by atoms with E-state index >= 15 is 0 Å². The topological polar surface area (TPSA) is 127 Å². The summed E-state index contributed by atoms with van der Waals surface area (Å²) >= 11 is 0. The van der Waals surface area contributed by atoms with E-state index < -0.39 is 48.6 Å². The van der Waals surface area contributed by atoms with Crippen molar-refractivity contribution in [2.24, 2.45) is 0 Å². The number of nitrogens with one attached hydrogen (secondary N) is 1. The predicted octanol–water partition coefficient (Wildman–Crippen LogP) is 2.23. The molecule has 0 unspecified atom stereocenters. The zero-order valence-electron chi connectivity index (χ0n) is 11.3. The van der Waals surface area contributed by atoms with E-state index in [1.807, 2.05) is 4.72 Å². The van der Waals surface area contributed by atoms with Gasteiger partial charge in [0.2, 0.25) is 0 Å². The van der Waals surface area contributed by atoms with Gasteiger partial charge in [0.15, 0.2) is 0 Å². The predicted molar refractivity (Wildman–Crippen MR) is 77.3 cm³/mol. The van der Waals surface area contributed by atoms with Crippen LogP contribution in [0.4, 0.5) is 15.8 Å². The Morgan fingerprint density at radius 1 is 1.22 bits per heavy atom. The van der Waals surface area contributed by atoms with E-state index in [-0.39, 0.29) is 0 Å². The largest absolute Gasteiger partial charge is 0.478 e. The van der Waals surface area contributed by atoms with Gasteiger partial charge in [-0.3, -0.25) is 14.8 Å². The quantitative estimate of drug-likeness (QED) is 0.635. The summed E-state index contributed by atoms with van der Waals surface area (Å²) in [4.78, 5) is 20.3. The summed E-state index contributed by atoms with van der Waals surface area (Å²) in [6.07, 6.45) is 0. The molecule has 2 aromatic carbocycles. The van der Waals surface area contributed by atoms with E-state index in [2.05, 4.69) is 0 Å². The molecule has 2 N–H and O–H groups in total. The molecule has 0 amide bonds. The van der Waals surface area contributed by atoms with Gasteiger partial charge in [0.25, 0.3) is 15.7 Å². The van der Waals surface area contributed by atoms with Crippen LogP contribution in [0, 0.1) is 15.9 Å². The molecule has 0 aliphatic heterocycles. The molecule has 0 atom stereocenters. The molecule has 2 aromatic rings. The Balaban J connectivity index is 2.49. The van der Waals surface area contributed by atoms with Gasteiger partial charge < -0.3 is 5.11 Å². The van der Waals surface area contributed by atoms with Gasteiger partial charge in [0, 0.05) is 12.1 Å². The maximum absolute atomic E-state index is 13.6. The first-order valence-corrected chi connectivity index (χ1v) is 7.50. The Morgan fingerprint density at radius 2 is 1.87 bits per heavy atom. The summed E-state index contributed by atoms with van der Waals surface area (Å²) in [5, 5.41) is 19.7. The molecule has 8 nitrogen and oxygen atoms in total. The first kappa shape index (κ1) is 16.4. The Kier molecular flexibility index (Phi) is 4.27. The first-order chi connectivity index (χ1) is 10.7. The van der Waals surface area contributed by atoms with Crippen LogP contribution in [0.1, 0.15) is 10.4 Å². The van der Waals surface area contributed by atoms with Crippen LogP contribution in [0.5, 0.6) is 0 Å². The molecule has 0 bridgehead atoms. The fraction of sp³-hybridized carbons (Fsp3) is 0. The summed E-state index contributed by atoms with van der Waals surface area (Å²) in [5.41, 5.74) is -1.55.